The van der Waals surface area contributed by atoms with Crippen LogP contribution in [0.25, 0.3) is 0 Å². The average molecular weight is 327 g/mol. The maximum atomic E-state index is 12.0. The van der Waals surface area contributed by atoms with Gasteiger partial charge < -0.3 is 5.32 Å². The lowest BCUT2D eigenvalue weighted by molar-refractivity contribution is 0.102. The summed E-state index contributed by atoms with van der Waals surface area (Å²) in [5.41, 5.74) is 1.41. The summed E-state index contributed by atoms with van der Waals surface area (Å²) in [5.74, 6) is 0.0662. The summed E-state index contributed by atoms with van der Waals surface area (Å²) in [4.78, 5) is 19.9. The molecule has 0 aliphatic heterocycles. The topological polar surface area (TPSA) is 54.9 Å². The SMILES string of the molecule is Cc1ccc(C(=O)Nc2cnc(Br)cn2)c(Cl)c1. The Bertz CT molecular complexity index is 586. The van der Waals surface area contributed by atoms with E-state index in [1.165, 1.54) is 12.4 Å². The van der Waals surface area contributed by atoms with Crippen LogP contribution < -0.4 is 5.32 Å². The van der Waals surface area contributed by atoms with Crippen LogP contribution in [0.1, 0.15) is 15.9 Å². The number of halogens is 2. The lowest BCUT2D eigenvalue weighted by Crippen LogP contribution is -2.13. The van der Waals surface area contributed by atoms with Gasteiger partial charge in [0.05, 0.1) is 23.0 Å². The fourth-order valence-electron chi connectivity index (χ4n) is 1.36. The first-order valence-electron chi connectivity index (χ1n) is 5.11. The van der Waals surface area contributed by atoms with Crippen molar-refractivity contribution in [1.29, 1.82) is 0 Å². The largest absolute Gasteiger partial charge is 0.305 e. The van der Waals surface area contributed by atoms with Crippen LogP contribution in [0, 0.1) is 6.92 Å². The van der Waals surface area contributed by atoms with Gasteiger partial charge in [-0.15, -0.1) is 0 Å². The van der Waals surface area contributed by atoms with Gasteiger partial charge in [-0.25, -0.2) is 9.97 Å². The Balaban J connectivity index is 2.19. The second kappa shape index (κ2) is 5.46. The number of aromatic nitrogens is 2. The zero-order valence-electron chi connectivity index (χ0n) is 9.45. The van der Waals surface area contributed by atoms with Gasteiger partial charge in [-0.1, -0.05) is 17.7 Å². The number of anilines is 1. The zero-order chi connectivity index (χ0) is 13.1. The van der Waals surface area contributed by atoms with Crippen molar-refractivity contribution < 1.29 is 4.79 Å². The number of nitrogens with zero attached hydrogens (tertiary/aromatic N) is 2. The summed E-state index contributed by atoms with van der Waals surface area (Å²) in [5, 5.41) is 3.04. The number of carbonyl (C=O) groups excluding carboxylic acids is 1. The molecule has 0 atom stereocenters. The van der Waals surface area contributed by atoms with Crippen LogP contribution in [-0.4, -0.2) is 15.9 Å². The number of hydrogen-bond acceptors (Lipinski definition) is 3. The molecule has 2 rings (SSSR count). The molecule has 0 aliphatic carbocycles. The van der Waals surface area contributed by atoms with Crippen molar-refractivity contribution in [2.75, 3.05) is 5.32 Å². The first kappa shape index (κ1) is 13.0. The molecular formula is C12H9BrClN3O. The summed E-state index contributed by atoms with van der Waals surface area (Å²) in [6.45, 7) is 1.91. The van der Waals surface area contributed by atoms with Gasteiger partial charge >= 0.3 is 0 Å². The van der Waals surface area contributed by atoms with Gasteiger partial charge in [0.2, 0.25) is 0 Å². The fraction of sp³-hybridized carbons (Fsp3) is 0.0833. The Morgan fingerprint density at radius 3 is 2.72 bits per heavy atom. The predicted octanol–water partition coefficient (Wildman–Crippen LogP) is 3.45. The van der Waals surface area contributed by atoms with E-state index in [4.69, 9.17) is 11.6 Å². The molecule has 2 aromatic rings. The van der Waals surface area contributed by atoms with E-state index in [0.29, 0.717) is 21.0 Å². The van der Waals surface area contributed by atoms with E-state index in [0.717, 1.165) is 5.56 Å². The average Bonchev–Trinajstić information content (AvgIpc) is 2.32. The number of amides is 1. The highest BCUT2D eigenvalue weighted by atomic mass is 79.9. The molecule has 1 heterocycles. The predicted molar refractivity (Wildman–Crippen MR) is 73.9 cm³/mol. The van der Waals surface area contributed by atoms with Crippen LogP contribution in [0.3, 0.4) is 0 Å². The highest BCUT2D eigenvalue weighted by molar-refractivity contribution is 9.10. The maximum Gasteiger partial charge on any atom is 0.258 e. The maximum absolute atomic E-state index is 12.0. The molecule has 0 spiro atoms. The van der Waals surface area contributed by atoms with Crippen LogP contribution >= 0.6 is 27.5 Å². The van der Waals surface area contributed by atoms with Gasteiger partial charge in [0.1, 0.15) is 4.60 Å². The molecule has 0 saturated heterocycles. The minimum absolute atomic E-state index is 0.309. The molecule has 0 aliphatic rings. The van der Waals surface area contributed by atoms with Gasteiger partial charge in [0.25, 0.3) is 5.91 Å². The highest BCUT2D eigenvalue weighted by Gasteiger charge is 2.11. The van der Waals surface area contributed by atoms with Crippen molar-refractivity contribution in [1.82, 2.24) is 9.97 Å². The van der Waals surface area contributed by atoms with Gasteiger partial charge in [0, 0.05) is 0 Å². The Hall–Kier alpha value is -1.46. The third-order valence-electron chi connectivity index (χ3n) is 2.23. The smallest absolute Gasteiger partial charge is 0.258 e. The number of benzene rings is 1. The first-order valence-corrected chi connectivity index (χ1v) is 6.28. The van der Waals surface area contributed by atoms with Gasteiger partial charge in [-0.3, -0.25) is 4.79 Å². The van der Waals surface area contributed by atoms with Gasteiger partial charge in [-0.05, 0) is 40.5 Å². The molecule has 0 saturated carbocycles. The molecular weight excluding hydrogens is 318 g/mol. The van der Waals surface area contributed by atoms with Crippen molar-refractivity contribution in [3.05, 3.63) is 51.3 Å². The number of nitrogens with one attached hydrogen (secondary N) is 1. The normalized spacial score (nSPS) is 10.2. The molecule has 18 heavy (non-hydrogen) atoms. The summed E-state index contributed by atoms with van der Waals surface area (Å²) in [7, 11) is 0. The van der Waals surface area contributed by atoms with E-state index in [-0.39, 0.29) is 5.91 Å². The quantitative estimate of drug-likeness (QED) is 0.919. The minimum atomic E-state index is -0.309. The Morgan fingerprint density at radius 1 is 1.33 bits per heavy atom. The summed E-state index contributed by atoms with van der Waals surface area (Å²) in [6.07, 6.45) is 2.97. The number of carbonyl (C=O) groups is 1. The summed E-state index contributed by atoms with van der Waals surface area (Å²) < 4.78 is 0.605. The Labute approximate surface area is 118 Å². The van der Waals surface area contributed by atoms with Crippen molar-refractivity contribution in [2.24, 2.45) is 0 Å². The first-order chi connectivity index (χ1) is 8.56. The van der Waals surface area contributed by atoms with Crippen LogP contribution in [0.15, 0.2) is 35.2 Å². The molecule has 6 heteroatoms. The zero-order valence-corrected chi connectivity index (χ0v) is 11.8. The van der Waals surface area contributed by atoms with Crippen molar-refractivity contribution in [3.8, 4) is 0 Å². The molecule has 1 aromatic heterocycles. The van der Waals surface area contributed by atoms with E-state index < -0.39 is 0 Å². The lowest BCUT2D eigenvalue weighted by Gasteiger charge is -2.06. The molecule has 1 aromatic carbocycles. The highest BCUT2D eigenvalue weighted by Crippen LogP contribution is 2.18. The third kappa shape index (κ3) is 3.05. The number of aryl methyl sites for hydroxylation is 1. The second-order valence-corrected chi connectivity index (χ2v) is 4.88. The standard InChI is InChI=1S/C12H9BrClN3O/c1-7-2-3-8(9(14)4-7)12(18)17-11-6-15-10(13)5-16-11/h2-6H,1H3,(H,16,17,18). The fourth-order valence-corrected chi connectivity index (χ4v) is 1.89. The molecule has 1 N–H and O–H groups in total. The summed E-state index contributed by atoms with van der Waals surface area (Å²) >= 11 is 9.18. The third-order valence-corrected chi connectivity index (χ3v) is 2.95. The van der Waals surface area contributed by atoms with E-state index in [1.54, 1.807) is 12.1 Å². The van der Waals surface area contributed by atoms with Crippen LogP contribution in [0.5, 0.6) is 0 Å². The Morgan fingerprint density at radius 2 is 2.11 bits per heavy atom. The van der Waals surface area contributed by atoms with E-state index in [1.807, 2.05) is 13.0 Å². The lowest BCUT2D eigenvalue weighted by atomic mass is 10.1. The molecule has 0 radical (unpaired) electrons. The minimum Gasteiger partial charge on any atom is -0.305 e. The number of hydrogen-bond donors (Lipinski definition) is 1. The van der Waals surface area contributed by atoms with Gasteiger partial charge in [0.15, 0.2) is 5.82 Å². The van der Waals surface area contributed by atoms with Crippen LogP contribution in [0.4, 0.5) is 5.82 Å². The van der Waals surface area contributed by atoms with E-state index in [9.17, 15) is 4.79 Å². The van der Waals surface area contributed by atoms with Crippen molar-refractivity contribution >= 4 is 39.3 Å². The Kier molecular flexibility index (Phi) is 3.93. The molecule has 0 unspecified atom stereocenters. The van der Waals surface area contributed by atoms with Gasteiger partial charge in [-0.2, -0.15) is 0 Å². The molecule has 4 nitrogen and oxygen atoms in total. The summed E-state index contributed by atoms with van der Waals surface area (Å²) in [6, 6.07) is 5.25. The molecule has 0 fully saturated rings. The monoisotopic (exact) mass is 325 g/mol. The van der Waals surface area contributed by atoms with E-state index in [2.05, 4.69) is 31.2 Å². The molecule has 92 valence electrons. The second-order valence-electron chi connectivity index (χ2n) is 3.66. The van der Waals surface area contributed by atoms with Crippen LogP contribution in [-0.2, 0) is 0 Å². The molecule has 0 bridgehead atoms. The molecule has 1 amide bonds. The van der Waals surface area contributed by atoms with Crippen LogP contribution in [0.2, 0.25) is 5.02 Å². The van der Waals surface area contributed by atoms with Crippen molar-refractivity contribution in [3.63, 3.8) is 0 Å². The van der Waals surface area contributed by atoms with Crippen molar-refractivity contribution in [2.45, 2.75) is 6.92 Å². The van der Waals surface area contributed by atoms with E-state index >= 15 is 0 Å². The number of rotatable bonds is 2.